The lowest BCUT2D eigenvalue weighted by atomic mass is 10.2. The second-order valence-electron chi connectivity index (χ2n) is 2.84. The minimum Gasteiger partial charge on any atom is -0.411 e. The Bertz CT molecular complexity index is 115. The van der Waals surface area contributed by atoms with Gasteiger partial charge in [-0.3, -0.25) is 4.90 Å². The molecule has 1 atom stereocenters. The number of hydrogen-bond acceptors (Lipinski definition) is 3. The molecule has 0 fully saturated rings. The molecule has 0 aromatic carbocycles. The summed E-state index contributed by atoms with van der Waals surface area (Å²) in [4.78, 5) is 2.16. The summed E-state index contributed by atoms with van der Waals surface area (Å²) >= 11 is 0. The van der Waals surface area contributed by atoms with E-state index < -0.39 is 0 Å². The van der Waals surface area contributed by atoms with E-state index in [2.05, 4.69) is 17.0 Å². The average Bonchev–Trinajstić information content (AvgIpc) is 2.00. The van der Waals surface area contributed by atoms with Crippen LogP contribution in [-0.4, -0.2) is 36.0 Å². The van der Waals surface area contributed by atoms with Gasteiger partial charge in [-0.25, -0.2) is 0 Å². The molecule has 0 saturated heterocycles. The van der Waals surface area contributed by atoms with E-state index in [9.17, 15) is 0 Å². The summed E-state index contributed by atoms with van der Waals surface area (Å²) in [5.41, 5.74) is 0. The predicted molar refractivity (Wildman–Crippen MR) is 47.3 cm³/mol. The first-order valence-corrected chi connectivity index (χ1v) is 4.10. The molecule has 1 N–H and O–H groups in total. The van der Waals surface area contributed by atoms with Crippen LogP contribution < -0.4 is 0 Å². The van der Waals surface area contributed by atoms with Crippen molar-refractivity contribution in [1.82, 2.24) is 4.90 Å². The maximum atomic E-state index is 8.25. The number of rotatable bonds is 5. The maximum Gasteiger partial charge on any atom is 0.0604 e. The zero-order chi connectivity index (χ0) is 8.69. The molecule has 0 radical (unpaired) electrons. The first kappa shape index (κ1) is 10.4. The monoisotopic (exact) mass is 158 g/mol. The van der Waals surface area contributed by atoms with Crippen molar-refractivity contribution in [3.8, 4) is 0 Å². The van der Waals surface area contributed by atoms with Gasteiger partial charge in [0.2, 0.25) is 0 Å². The SMILES string of the molecule is CCCCN(C)C(C)/C=N/O. The fraction of sp³-hybridized carbons (Fsp3) is 0.875. The summed E-state index contributed by atoms with van der Waals surface area (Å²) in [5, 5.41) is 11.3. The summed E-state index contributed by atoms with van der Waals surface area (Å²) in [6.07, 6.45) is 3.93. The van der Waals surface area contributed by atoms with Gasteiger partial charge in [0.1, 0.15) is 0 Å². The third-order valence-electron chi connectivity index (χ3n) is 1.84. The van der Waals surface area contributed by atoms with Crippen LogP contribution in [0.5, 0.6) is 0 Å². The van der Waals surface area contributed by atoms with Crippen LogP contribution >= 0.6 is 0 Å². The topological polar surface area (TPSA) is 35.8 Å². The fourth-order valence-corrected chi connectivity index (χ4v) is 0.821. The van der Waals surface area contributed by atoms with Crippen LogP contribution in [0.15, 0.2) is 5.16 Å². The van der Waals surface area contributed by atoms with Crippen molar-refractivity contribution in [3.05, 3.63) is 0 Å². The zero-order valence-corrected chi connectivity index (χ0v) is 7.62. The van der Waals surface area contributed by atoms with Crippen LogP contribution in [0, 0.1) is 0 Å². The molecule has 0 heterocycles. The Morgan fingerprint density at radius 1 is 1.64 bits per heavy atom. The molecule has 0 spiro atoms. The van der Waals surface area contributed by atoms with Crippen LogP contribution in [0.3, 0.4) is 0 Å². The van der Waals surface area contributed by atoms with E-state index in [0.717, 1.165) is 6.54 Å². The van der Waals surface area contributed by atoms with Crippen molar-refractivity contribution in [2.24, 2.45) is 5.16 Å². The molecule has 0 aromatic heterocycles. The summed E-state index contributed by atoms with van der Waals surface area (Å²) in [7, 11) is 2.03. The van der Waals surface area contributed by atoms with E-state index in [1.807, 2.05) is 14.0 Å². The van der Waals surface area contributed by atoms with Crippen LogP contribution in [0.2, 0.25) is 0 Å². The molecule has 0 bridgehead atoms. The van der Waals surface area contributed by atoms with Crippen LogP contribution in [0.4, 0.5) is 0 Å². The van der Waals surface area contributed by atoms with Gasteiger partial charge in [0.25, 0.3) is 0 Å². The molecular weight excluding hydrogens is 140 g/mol. The van der Waals surface area contributed by atoms with E-state index in [4.69, 9.17) is 5.21 Å². The Balaban J connectivity index is 3.54. The van der Waals surface area contributed by atoms with Gasteiger partial charge in [-0.2, -0.15) is 0 Å². The fourth-order valence-electron chi connectivity index (χ4n) is 0.821. The standard InChI is InChI=1S/C8H18N2O/c1-4-5-6-10(3)8(2)7-9-11/h7-8,11H,4-6H2,1-3H3/b9-7+. The van der Waals surface area contributed by atoms with Gasteiger partial charge in [0.05, 0.1) is 6.21 Å². The molecule has 0 aliphatic carbocycles. The van der Waals surface area contributed by atoms with Crippen molar-refractivity contribution < 1.29 is 5.21 Å². The normalized spacial score (nSPS) is 14.5. The van der Waals surface area contributed by atoms with Crippen molar-refractivity contribution in [2.75, 3.05) is 13.6 Å². The van der Waals surface area contributed by atoms with Crippen molar-refractivity contribution in [1.29, 1.82) is 0 Å². The minimum atomic E-state index is 0.228. The van der Waals surface area contributed by atoms with Crippen molar-refractivity contribution >= 4 is 6.21 Å². The summed E-state index contributed by atoms with van der Waals surface area (Å²) in [6.45, 7) is 5.23. The first-order valence-electron chi connectivity index (χ1n) is 4.10. The quantitative estimate of drug-likeness (QED) is 0.374. The van der Waals surface area contributed by atoms with Crippen molar-refractivity contribution in [2.45, 2.75) is 32.7 Å². The molecule has 0 aliphatic rings. The molecule has 0 aromatic rings. The van der Waals surface area contributed by atoms with E-state index in [-0.39, 0.29) is 6.04 Å². The highest BCUT2D eigenvalue weighted by Gasteiger charge is 2.04. The number of unbranched alkanes of at least 4 members (excludes halogenated alkanes) is 1. The smallest absolute Gasteiger partial charge is 0.0604 e. The first-order chi connectivity index (χ1) is 5.22. The molecule has 0 saturated carbocycles. The Labute approximate surface area is 68.7 Å². The van der Waals surface area contributed by atoms with E-state index >= 15 is 0 Å². The van der Waals surface area contributed by atoms with Crippen molar-refractivity contribution in [3.63, 3.8) is 0 Å². The molecule has 3 heteroatoms. The van der Waals surface area contributed by atoms with E-state index in [1.165, 1.54) is 19.1 Å². The molecule has 3 nitrogen and oxygen atoms in total. The van der Waals surface area contributed by atoms with Crippen LogP contribution in [-0.2, 0) is 0 Å². The predicted octanol–water partition coefficient (Wildman–Crippen LogP) is 1.57. The van der Waals surface area contributed by atoms with Gasteiger partial charge in [-0.1, -0.05) is 13.3 Å². The molecule has 1 unspecified atom stereocenters. The lowest BCUT2D eigenvalue weighted by Crippen LogP contribution is -2.31. The molecule has 0 aliphatic heterocycles. The molecule has 66 valence electrons. The third-order valence-corrected chi connectivity index (χ3v) is 1.84. The molecule has 0 amide bonds. The molecular formula is C8H18N2O. The van der Waals surface area contributed by atoms with Crippen LogP contribution in [0.1, 0.15) is 26.7 Å². The highest BCUT2D eigenvalue weighted by Crippen LogP contribution is 1.96. The Hall–Kier alpha value is -0.570. The molecule has 11 heavy (non-hydrogen) atoms. The Morgan fingerprint density at radius 3 is 2.73 bits per heavy atom. The van der Waals surface area contributed by atoms with Gasteiger partial charge < -0.3 is 5.21 Å². The van der Waals surface area contributed by atoms with Gasteiger partial charge in [0, 0.05) is 6.04 Å². The lowest BCUT2D eigenvalue weighted by Gasteiger charge is -2.19. The van der Waals surface area contributed by atoms with Crippen LogP contribution in [0.25, 0.3) is 0 Å². The summed E-state index contributed by atoms with van der Waals surface area (Å²) in [6, 6.07) is 0.228. The number of nitrogens with zero attached hydrogens (tertiary/aromatic N) is 2. The second-order valence-corrected chi connectivity index (χ2v) is 2.84. The Kier molecular flexibility index (Phi) is 5.84. The number of oxime groups is 1. The van der Waals surface area contributed by atoms with Gasteiger partial charge >= 0.3 is 0 Å². The second kappa shape index (κ2) is 6.16. The van der Waals surface area contributed by atoms with Gasteiger partial charge in [0.15, 0.2) is 0 Å². The highest BCUT2D eigenvalue weighted by molar-refractivity contribution is 5.62. The Morgan fingerprint density at radius 2 is 2.27 bits per heavy atom. The van der Waals surface area contributed by atoms with Gasteiger partial charge in [-0.05, 0) is 26.9 Å². The zero-order valence-electron chi connectivity index (χ0n) is 7.62. The highest BCUT2D eigenvalue weighted by atomic mass is 16.4. The van der Waals surface area contributed by atoms with E-state index in [1.54, 1.807) is 0 Å². The summed E-state index contributed by atoms with van der Waals surface area (Å²) < 4.78 is 0. The summed E-state index contributed by atoms with van der Waals surface area (Å²) in [5.74, 6) is 0. The number of hydrogen-bond donors (Lipinski definition) is 1. The molecule has 0 rings (SSSR count). The third kappa shape index (κ3) is 4.79. The van der Waals surface area contributed by atoms with Gasteiger partial charge in [-0.15, -0.1) is 5.16 Å². The average molecular weight is 158 g/mol. The lowest BCUT2D eigenvalue weighted by molar-refractivity contribution is 0.289. The largest absolute Gasteiger partial charge is 0.411 e. The maximum absolute atomic E-state index is 8.25. The van der Waals surface area contributed by atoms with E-state index in [0.29, 0.717) is 0 Å². The minimum absolute atomic E-state index is 0.228.